The Balaban J connectivity index is 1.69. The zero-order valence-corrected chi connectivity index (χ0v) is 14.0. The van der Waals surface area contributed by atoms with Crippen molar-refractivity contribution in [3.8, 4) is 0 Å². The lowest BCUT2D eigenvalue weighted by Crippen LogP contribution is -2.49. The second kappa shape index (κ2) is 6.93. The minimum absolute atomic E-state index is 0.106. The molecule has 2 aromatic rings. The predicted molar refractivity (Wildman–Crippen MR) is 95.4 cm³/mol. The number of halogens is 1. The van der Waals surface area contributed by atoms with Crippen molar-refractivity contribution < 1.29 is 14.0 Å². The average molecular weight is 341 g/mol. The van der Waals surface area contributed by atoms with Crippen molar-refractivity contribution in [3.63, 3.8) is 0 Å². The first-order chi connectivity index (χ1) is 12.0. The topological polar surface area (TPSA) is 66.6 Å². The van der Waals surface area contributed by atoms with Gasteiger partial charge in [-0.05, 0) is 37.3 Å². The molecule has 2 N–H and O–H groups in total. The summed E-state index contributed by atoms with van der Waals surface area (Å²) in [4.78, 5) is 27.5. The first-order valence-electron chi connectivity index (χ1n) is 8.16. The Morgan fingerprint density at radius 3 is 2.32 bits per heavy atom. The van der Waals surface area contributed by atoms with E-state index in [0.29, 0.717) is 48.7 Å². The molecule has 0 saturated carbocycles. The number of nitrogen functional groups attached to an aromatic ring is 1. The number of hydrogen-bond donors (Lipinski definition) is 1. The largest absolute Gasteiger partial charge is 0.398 e. The first-order valence-corrected chi connectivity index (χ1v) is 8.16. The molecule has 1 aliphatic rings. The number of Topliss-reactive ketones (excluding diaryl/α,β-unsaturated/α-hetero) is 1. The molecule has 6 heteroatoms. The quantitative estimate of drug-likeness (QED) is 0.688. The van der Waals surface area contributed by atoms with Crippen molar-refractivity contribution in [2.45, 2.75) is 6.92 Å². The van der Waals surface area contributed by atoms with E-state index in [4.69, 9.17) is 5.73 Å². The molecule has 0 atom stereocenters. The summed E-state index contributed by atoms with van der Waals surface area (Å²) >= 11 is 0. The van der Waals surface area contributed by atoms with Crippen LogP contribution in [0.1, 0.15) is 27.6 Å². The molecular formula is C19H20FN3O2. The number of carbonyl (C=O) groups excluding carboxylic acids is 2. The second-order valence-corrected chi connectivity index (χ2v) is 6.09. The number of hydrogen-bond acceptors (Lipinski definition) is 4. The lowest BCUT2D eigenvalue weighted by atomic mass is 10.1. The van der Waals surface area contributed by atoms with Crippen molar-refractivity contribution >= 4 is 23.1 Å². The third-order valence-corrected chi connectivity index (χ3v) is 4.45. The highest BCUT2D eigenvalue weighted by Gasteiger charge is 2.24. The smallest absolute Gasteiger partial charge is 0.256 e. The van der Waals surface area contributed by atoms with Gasteiger partial charge < -0.3 is 15.5 Å². The number of rotatable bonds is 3. The minimum Gasteiger partial charge on any atom is -0.398 e. The maximum absolute atomic E-state index is 14.3. The molecule has 0 bridgehead atoms. The van der Waals surface area contributed by atoms with Crippen LogP contribution in [0.25, 0.3) is 0 Å². The Kier molecular flexibility index (Phi) is 4.70. The van der Waals surface area contributed by atoms with E-state index in [1.807, 2.05) is 4.90 Å². The summed E-state index contributed by atoms with van der Waals surface area (Å²) in [5, 5.41) is 0. The fourth-order valence-corrected chi connectivity index (χ4v) is 2.99. The summed E-state index contributed by atoms with van der Waals surface area (Å²) in [6, 6.07) is 11.5. The highest BCUT2D eigenvalue weighted by Crippen LogP contribution is 2.23. The lowest BCUT2D eigenvalue weighted by molar-refractivity contribution is 0.0747. The van der Waals surface area contributed by atoms with Gasteiger partial charge in [-0.3, -0.25) is 9.59 Å². The maximum Gasteiger partial charge on any atom is 0.256 e. The van der Waals surface area contributed by atoms with Crippen molar-refractivity contribution in [2.24, 2.45) is 0 Å². The zero-order chi connectivity index (χ0) is 18.0. The summed E-state index contributed by atoms with van der Waals surface area (Å²) in [5.74, 6) is -0.689. The summed E-state index contributed by atoms with van der Waals surface area (Å²) in [6.07, 6.45) is 0. The number of para-hydroxylation sites is 1. The van der Waals surface area contributed by atoms with Gasteiger partial charge in [-0.1, -0.05) is 12.1 Å². The Morgan fingerprint density at radius 2 is 1.72 bits per heavy atom. The zero-order valence-electron chi connectivity index (χ0n) is 14.0. The second-order valence-electron chi connectivity index (χ2n) is 6.09. The van der Waals surface area contributed by atoms with Gasteiger partial charge in [0, 0.05) is 37.4 Å². The molecule has 0 aliphatic carbocycles. The van der Waals surface area contributed by atoms with Crippen LogP contribution in [0.5, 0.6) is 0 Å². The molecule has 1 saturated heterocycles. The van der Waals surface area contributed by atoms with Gasteiger partial charge in [0.1, 0.15) is 5.82 Å². The lowest BCUT2D eigenvalue weighted by Gasteiger charge is -2.36. The molecule has 0 spiro atoms. The Morgan fingerprint density at radius 1 is 1.04 bits per heavy atom. The van der Waals surface area contributed by atoms with Crippen LogP contribution in [0.3, 0.4) is 0 Å². The number of anilines is 2. The molecule has 0 unspecified atom stereocenters. The molecule has 25 heavy (non-hydrogen) atoms. The monoisotopic (exact) mass is 341 g/mol. The van der Waals surface area contributed by atoms with E-state index in [1.165, 1.54) is 13.0 Å². The molecule has 1 aliphatic heterocycles. The molecule has 1 amide bonds. The van der Waals surface area contributed by atoms with E-state index in [-0.39, 0.29) is 11.7 Å². The molecule has 1 fully saturated rings. The van der Waals surface area contributed by atoms with Crippen LogP contribution in [-0.2, 0) is 0 Å². The normalized spacial score (nSPS) is 14.5. The van der Waals surface area contributed by atoms with Crippen LogP contribution in [0.15, 0.2) is 42.5 Å². The van der Waals surface area contributed by atoms with Gasteiger partial charge in [0.2, 0.25) is 0 Å². The van der Waals surface area contributed by atoms with E-state index >= 15 is 0 Å². The SMILES string of the molecule is CC(=O)c1ccc(N2CCN(C(=O)c3ccccc3N)CC2)c(F)c1. The number of piperazine rings is 1. The van der Waals surface area contributed by atoms with Crippen LogP contribution in [0.4, 0.5) is 15.8 Å². The molecule has 3 rings (SSSR count). The van der Waals surface area contributed by atoms with E-state index in [0.717, 1.165) is 0 Å². The van der Waals surface area contributed by atoms with Crippen molar-refractivity contribution in [2.75, 3.05) is 36.8 Å². The third-order valence-electron chi connectivity index (χ3n) is 4.45. The Hall–Kier alpha value is -2.89. The summed E-state index contributed by atoms with van der Waals surface area (Å²) in [6.45, 7) is 3.43. The van der Waals surface area contributed by atoms with Gasteiger partial charge in [-0.15, -0.1) is 0 Å². The maximum atomic E-state index is 14.3. The predicted octanol–water partition coefficient (Wildman–Crippen LogP) is 2.57. The van der Waals surface area contributed by atoms with E-state index in [9.17, 15) is 14.0 Å². The number of ketones is 1. The van der Waals surface area contributed by atoms with Crippen molar-refractivity contribution in [3.05, 3.63) is 59.4 Å². The molecule has 2 aromatic carbocycles. The fraction of sp³-hybridized carbons (Fsp3) is 0.263. The highest BCUT2D eigenvalue weighted by molar-refractivity contribution is 5.99. The third kappa shape index (κ3) is 3.47. The number of nitrogens with two attached hydrogens (primary N) is 1. The van der Waals surface area contributed by atoms with Crippen LogP contribution in [0.2, 0.25) is 0 Å². The minimum atomic E-state index is -0.417. The number of carbonyl (C=O) groups is 2. The van der Waals surface area contributed by atoms with E-state index in [1.54, 1.807) is 41.3 Å². The summed E-state index contributed by atoms with van der Waals surface area (Å²) in [5.41, 5.74) is 7.63. The van der Waals surface area contributed by atoms with E-state index < -0.39 is 5.82 Å². The van der Waals surface area contributed by atoms with Gasteiger partial charge in [0.15, 0.2) is 5.78 Å². The average Bonchev–Trinajstić information content (AvgIpc) is 2.61. The van der Waals surface area contributed by atoms with Crippen LogP contribution < -0.4 is 10.6 Å². The van der Waals surface area contributed by atoms with Gasteiger partial charge in [-0.25, -0.2) is 4.39 Å². The molecule has 1 heterocycles. The molecule has 0 aromatic heterocycles. The van der Waals surface area contributed by atoms with Gasteiger partial charge in [-0.2, -0.15) is 0 Å². The van der Waals surface area contributed by atoms with Crippen molar-refractivity contribution in [1.29, 1.82) is 0 Å². The fourth-order valence-electron chi connectivity index (χ4n) is 2.99. The highest BCUT2D eigenvalue weighted by atomic mass is 19.1. The Bertz CT molecular complexity index is 814. The number of benzene rings is 2. The summed E-state index contributed by atoms with van der Waals surface area (Å²) in [7, 11) is 0. The van der Waals surface area contributed by atoms with Gasteiger partial charge in [0.25, 0.3) is 5.91 Å². The van der Waals surface area contributed by atoms with Crippen LogP contribution in [-0.4, -0.2) is 42.8 Å². The number of amides is 1. The molecule has 130 valence electrons. The van der Waals surface area contributed by atoms with Gasteiger partial charge >= 0.3 is 0 Å². The van der Waals surface area contributed by atoms with Gasteiger partial charge in [0.05, 0.1) is 11.3 Å². The molecule has 0 radical (unpaired) electrons. The molecular weight excluding hydrogens is 321 g/mol. The Labute approximate surface area is 145 Å². The first kappa shape index (κ1) is 17.0. The van der Waals surface area contributed by atoms with Crippen LogP contribution in [0, 0.1) is 5.82 Å². The standard InChI is InChI=1S/C19H20FN3O2/c1-13(24)14-6-7-18(16(20)12-14)22-8-10-23(11-9-22)19(25)15-4-2-3-5-17(15)21/h2-7,12H,8-11,21H2,1H3. The molecule has 5 nitrogen and oxygen atoms in total. The van der Waals surface area contributed by atoms with Crippen molar-refractivity contribution in [1.82, 2.24) is 4.90 Å². The van der Waals surface area contributed by atoms with E-state index in [2.05, 4.69) is 0 Å². The van der Waals surface area contributed by atoms with Crippen LogP contribution >= 0.6 is 0 Å². The number of nitrogens with zero attached hydrogens (tertiary/aromatic N) is 2. The summed E-state index contributed by atoms with van der Waals surface area (Å²) < 4.78 is 14.3.